The summed E-state index contributed by atoms with van der Waals surface area (Å²) in [6.45, 7) is 2.21. The lowest BCUT2D eigenvalue weighted by molar-refractivity contribution is 0.922. The van der Waals surface area contributed by atoms with Crippen LogP contribution in [0.2, 0.25) is 5.15 Å². The number of nitrogens with zero attached hydrogens (tertiary/aromatic N) is 2. The summed E-state index contributed by atoms with van der Waals surface area (Å²) in [5, 5.41) is 6.78. The third-order valence-corrected chi connectivity index (χ3v) is 2.77. The van der Waals surface area contributed by atoms with E-state index >= 15 is 0 Å². The normalized spacial score (nSPS) is 24.5. The first-order valence-electron chi connectivity index (χ1n) is 4.67. The molecule has 0 amide bonds. The molecule has 0 saturated heterocycles. The second kappa shape index (κ2) is 3.61. The van der Waals surface area contributed by atoms with Gasteiger partial charge >= 0.3 is 0 Å². The van der Waals surface area contributed by atoms with Gasteiger partial charge in [-0.3, -0.25) is 0 Å². The predicted molar refractivity (Wildman–Crippen MR) is 57.8 cm³/mol. The van der Waals surface area contributed by atoms with Crippen LogP contribution >= 0.6 is 11.6 Å². The minimum Gasteiger partial charge on any atom is -0.383 e. The Morgan fingerprint density at radius 1 is 1.50 bits per heavy atom. The largest absolute Gasteiger partial charge is 0.383 e. The van der Waals surface area contributed by atoms with Gasteiger partial charge in [-0.25, -0.2) is 9.97 Å². The fraction of sp³-hybridized carbons (Fsp3) is 0.556. The van der Waals surface area contributed by atoms with Gasteiger partial charge in [0.15, 0.2) is 11.0 Å². The van der Waals surface area contributed by atoms with Gasteiger partial charge in [0.25, 0.3) is 0 Å². The molecule has 1 aromatic rings. The Kier molecular flexibility index (Phi) is 2.46. The van der Waals surface area contributed by atoms with E-state index in [1.54, 1.807) is 0 Å². The van der Waals surface area contributed by atoms with Crippen molar-refractivity contribution in [2.45, 2.75) is 19.4 Å². The van der Waals surface area contributed by atoms with Crippen molar-refractivity contribution >= 4 is 23.1 Å². The molecule has 2 rings (SSSR count). The molecule has 1 aliphatic rings. The van der Waals surface area contributed by atoms with Crippen LogP contribution in [0.4, 0.5) is 11.5 Å². The summed E-state index contributed by atoms with van der Waals surface area (Å²) in [4.78, 5) is 8.06. The Balaban J connectivity index is 2.19. The number of hydrogen-bond acceptors (Lipinski definition) is 4. The second-order valence-corrected chi connectivity index (χ2v) is 3.96. The number of halogens is 1. The molecule has 4 nitrogen and oxygen atoms in total. The van der Waals surface area contributed by atoms with Gasteiger partial charge in [-0.05, 0) is 12.3 Å². The zero-order valence-corrected chi connectivity index (χ0v) is 8.97. The van der Waals surface area contributed by atoms with E-state index in [0.29, 0.717) is 11.2 Å². The Bertz CT molecular complexity index is 342. The summed E-state index contributed by atoms with van der Waals surface area (Å²) in [6, 6.07) is 0.535. The fourth-order valence-corrected chi connectivity index (χ4v) is 1.62. The molecular formula is C9H13ClN4. The molecule has 1 aliphatic carbocycles. The van der Waals surface area contributed by atoms with Crippen molar-refractivity contribution in [1.29, 1.82) is 0 Å². The van der Waals surface area contributed by atoms with E-state index in [-0.39, 0.29) is 0 Å². The van der Waals surface area contributed by atoms with Gasteiger partial charge in [0.05, 0.1) is 0 Å². The van der Waals surface area contributed by atoms with Gasteiger partial charge in [0.2, 0.25) is 0 Å². The van der Waals surface area contributed by atoms with Gasteiger partial charge in [-0.1, -0.05) is 18.5 Å². The number of hydrogen-bond donors (Lipinski definition) is 2. The van der Waals surface area contributed by atoms with E-state index in [1.165, 1.54) is 12.7 Å². The fourth-order valence-electron chi connectivity index (χ4n) is 1.39. The quantitative estimate of drug-likeness (QED) is 0.753. The van der Waals surface area contributed by atoms with Crippen LogP contribution in [-0.4, -0.2) is 23.1 Å². The lowest BCUT2D eigenvalue weighted by Gasteiger charge is -2.10. The standard InChI is InChI=1S/C9H13ClN4/c1-5-3-6(5)14-9-7(11-2)8(10)12-4-13-9/h4-6,11H,3H2,1-2H3,(H,12,13,14). The van der Waals surface area contributed by atoms with Crippen LogP contribution in [-0.2, 0) is 0 Å². The molecule has 1 heterocycles. The first-order chi connectivity index (χ1) is 6.72. The minimum absolute atomic E-state index is 0.457. The molecule has 0 aliphatic heterocycles. The molecule has 2 unspecified atom stereocenters. The topological polar surface area (TPSA) is 49.8 Å². The average molecular weight is 213 g/mol. The highest BCUT2D eigenvalue weighted by atomic mass is 35.5. The molecule has 1 fully saturated rings. The van der Waals surface area contributed by atoms with E-state index in [0.717, 1.165) is 17.4 Å². The van der Waals surface area contributed by atoms with E-state index in [1.807, 2.05) is 7.05 Å². The molecule has 5 heteroatoms. The van der Waals surface area contributed by atoms with Crippen LogP contribution in [0.25, 0.3) is 0 Å². The summed E-state index contributed by atoms with van der Waals surface area (Å²) in [6.07, 6.45) is 2.67. The van der Waals surface area contributed by atoms with Crippen molar-refractivity contribution < 1.29 is 0 Å². The van der Waals surface area contributed by atoms with E-state index in [4.69, 9.17) is 11.6 Å². The Morgan fingerprint density at radius 2 is 2.21 bits per heavy atom. The number of anilines is 2. The van der Waals surface area contributed by atoms with Gasteiger partial charge in [0, 0.05) is 13.1 Å². The van der Waals surface area contributed by atoms with E-state index in [2.05, 4.69) is 27.5 Å². The van der Waals surface area contributed by atoms with Crippen LogP contribution < -0.4 is 10.6 Å². The average Bonchev–Trinajstić information content (AvgIpc) is 2.82. The molecule has 2 atom stereocenters. The maximum absolute atomic E-state index is 5.92. The third-order valence-electron chi connectivity index (χ3n) is 2.48. The summed E-state index contributed by atoms with van der Waals surface area (Å²) in [5.74, 6) is 1.52. The summed E-state index contributed by atoms with van der Waals surface area (Å²) in [7, 11) is 1.81. The highest BCUT2D eigenvalue weighted by Gasteiger charge is 2.33. The maximum Gasteiger partial charge on any atom is 0.157 e. The lowest BCUT2D eigenvalue weighted by atomic mass is 10.4. The highest BCUT2D eigenvalue weighted by Crippen LogP contribution is 2.35. The zero-order chi connectivity index (χ0) is 10.1. The Hall–Kier alpha value is -1.03. The molecule has 1 aromatic heterocycles. The van der Waals surface area contributed by atoms with Crippen molar-refractivity contribution in [3.63, 3.8) is 0 Å². The monoisotopic (exact) mass is 212 g/mol. The number of rotatable bonds is 3. The second-order valence-electron chi connectivity index (χ2n) is 3.60. The first kappa shape index (κ1) is 9.52. The summed E-state index contributed by atoms with van der Waals surface area (Å²) < 4.78 is 0. The van der Waals surface area contributed by atoms with E-state index < -0.39 is 0 Å². The molecular weight excluding hydrogens is 200 g/mol. The molecule has 0 radical (unpaired) electrons. The van der Waals surface area contributed by atoms with Crippen LogP contribution in [0.5, 0.6) is 0 Å². The molecule has 2 N–H and O–H groups in total. The SMILES string of the molecule is CNc1c(Cl)ncnc1NC1CC1C. The van der Waals surface area contributed by atoms with Crippen molar-refractivity contribution in [3.8, 4) is 0 Å². The Labute approximate surface area is 88.1 Å². The maximum atomic E-state index is 5.92. The number of nitrogens with one attached hydrogen (secondary N) is 2. The van der Waals surface area contributed by atoms with Crippen LogP contribution in [0.3, 0.4) is 0 Å². The highest BCUT2D eigenvalue weighted by molar-refractivity contribution is 6.32. The van der Waals surface area contributed by atoms with Crippen molar-refractivity contribution in [2.24, 2.45) is 5.92 Å². The molecule has 1 saturated carbocycles. The van der Waals surface area contributed by atoms with Crippen LogP contribution in [0.15, 0.2) is 6.33 Å². The van der Waals surface area contributed by atoms with Crippen molar-refractivity contribution in [2.75, 3.05) is 17.7 Å². The van der Waals surface area contributed by atoms with Crippen molar-refractivity contribution in [1.82, 2.24) is 9.97 Å². The first-order valence-corrected chi connectivity index (χ1v) is 5.05. The van der Waals surface area contributed by atoms with Gasteiger partial charge in [-0.2, -0.15) is 0 Å². The molecule has 0 aromatic carbocycles. The van der Waals surface area contributed by atoms with E-state index in [9.17, 15) is 0 Å². The third kappa shape index (κ3) is 1.75. The summed E-state index contributed by atoms with van der Waals surface area (Å²) >= 11 is 5.92. The van der Waals surface area contributed by atoms with Gasteiger partial charge in [0.1, 0.15) is 12.0 Å². The van der Waals surface area contributed by atoms with Crippen molar-refractivity contribution in [3.05, 3.63) is 11.5 Å². The molecule has 14 heavy (non-hydrogen) atoms. The lowest BCUT2D eigenvalue weighted by Crippen LogP contribution is -2.08. The molecule has 76 valence electrons. The Morgan fingerprint density at radius 3 is 2.79 bits per heavy atom. The van der Waals surface area contributed by atoms with Crippen LogP contribution in [0, 0.1) is 5.92 Å². The number of aromatic nitrogens is 2. The van der Waals surface area contributed by atoms with Gasteiger partial charge in [-0.15, -0.1) is 0 Å². The summed E-state index contributed by atoms with van der Waals surface area (Å²) in [5.41, 5.74) is 0.772. The van der Waals surface area contributed by atoms with Crippen LogP contribution in [0.1, 0.15) is 13.3 Å². The molecule has 0 spiro atoms. The minimum atomic E-state index is 0.457. The predicted octanol–water partition coefficient (Wildman–Crippen LogP) is 1.99. The zero-order valence-electron chi connectivity index (χ0n) is 8.21. The smallest absolute Gasteiger partial charge is 0.157 e. The molecule has 0 bridgehead atoms. The van der Waals surface area contributed by atoms with Gasteiger partial charge < -0.3 is 10.6 Å².